The highest BCUT2D eigenvalue weighted by Crippen LogP contribution is 2.44. The first-order valence-corrected chi connectivity index (χ1v) is 6.82. The quantitative estimate of drug-likeness (QED) is 0.624. The molecule has 1 aliphatic carbocycles. The number of rotatable bonds is 1. The normalized spacial score (nSPS) is 51.5. The number of hydrogen-bond donors (Lipinski definition) is 2. The maximum atomic E-state index is 11.3. The fourth-order valence-electron chi connectivity index (χ4n) is 2.92. The molecule has 0 aromatic carbocycles. The molecule has 4 nitrogen and oxygen atoms in total. The van der Waals surface area contributed by atoms with Crippen LogP contribution in [-0.2, 0) is 9.84 Å². The predicted octanol–water partition coefficient (Wildman–Crippen LogP) is -0.481. The molecule has 5 heteroatoms. The highest BCUT2D eigenvalue weighted by molar-refractivity contribution is 7.91. The molecule has 1 saturated heterocycles. The van der Waals surface area contributed by atoms with Gasteiger partial charge in [-0.15, -0.1) is 0 Å². The van der Waals surface area contributed by atoms with Crippen molar-refractivity contribution in [2.24, 2.45) is 17.6 Å². The van der Waals surface area contributed by atoms with Crippen LogP contribution in [0.5, 0.6) is 0 Å². The highest BCUT2D eigenvalue weighted by Gasteiger charge is 2.52. The second-order valence-electron chi connectivity index (χ2n) is 5.00. The Morgan fingerprint density at radius 1 is 1.36 bits per heavy atom. The van der Waals surface area contributed by atoms with E-state index in [4.69, 9.17) is 5.73 Å². The monoisotopic (exact) mass is 219 g/mol. The summed E-state index contributed by atoms with van der Waals surface area (Å²) in [6, 6.07) is 0. The zero-order valence-electron chi connectivity index (χ0n) is 8.31. The number of aliphatic hydroxyl groups is 1. The Hall–Kier alpha value is -0.130. The smallest absolute Gasteiger partial charge is 0.153 e. The Kier molecular flexibility index (Phi) is 2.18. The third kappa shape index (κ3) is 1.57. The molecule has 2 aliphatic rings. The van der Waals surface area contributed by atoms with Crippen molar-refractivity contribution in [1.29, 1.82) is 0 Å². The Balaban J connectivity index is 2.13. The van der Waals surface area contributed by atoms with E-state index in [9.17, 15) is 13.5 Å². The lowest BCUT2D eigenvalue weighted by Crippen LogP contribution is -2.59. The second-order valence-corrected chi connectivity index (χ2v) is 7.15. The van der Waals surface area contributed by atoms with Crippen LogP contribution in [0, 0.1) is 11.8 Å². The van der Waals surface area contributed by atoms with E-state index in [1.165, 1.54) is 0 Å². The average Bonchev–Trinajstić information content (AvgIpc) is 2.22. The number of nitrogens with two attached hydrogens (primary N) is 1. The van der Waals surface area contributed by atoms with Crippen molar-refractivity contribution in [3.05, 3.63) is 0 Å². The van der Waals surface area contributed by atoms with Gasteiger partial charge in [-0.1, -0.05) is 6.92 Å². The molecule has 2 atom stereocenters. The predicted molar refractivity (Wildman–Crippen MR) is 53.5 cm³/mol. The molecule has 0 bridgehead atoms. The molecule has 3 N–H and O–H groups in total. The summed E-state index contributed by atoms with van der Waals surface area (Å²) >= 11 is 0. The van der Waals surface area contributed by atoms with Gasteiger partial charge in [-0.25, -0.2) is 8.42 Å². The first-order valence-electron chi connectivity index (χ1n) is 5.00. The second kappa shape index (κ2) is 2.93. The molecule has 2 fully saturated rings. The van der Waals surface area contributed by atoms with Crippen molar-refractivity contribution in [3.8, 4) is 0 Å². The van der Waals surface area contributed by atoms with Gasteiger partial charge in [0.1, 0.15) is 0 Å². The topological polar surface area (TPSA) is 80.4 Å². The zero-order chi connectivity index (χ0) is 10.6. The molecule has 0 amide bonds. The molecule has 1 saturated carbocycles. The summed E-state index contributed by atoms with van der Waals surface area (Å²) in [4.78, 5) is 0. The fraction of sp³-hybridized carbons (Fsp3) is 1.00. The Morgan fingerprint density at radius 3 is 2.29 bits per heavy atom. The van der Waals surface area contributed by atoms with Crippen molar-refractivity contribution in [3.63, 3.8) is 0 Å². The Labute approximate surface area is 84.4 Å². The molecule has 1 aliphatic heterocycles. The molecule has 2 rings (SSSR count). The summed E-state index contributed by atoms with van der Waals surface area (Å²) in [7, 11) is -3.05. The van der Waals surface area contributed by atoms with Crippen LogP contribution < -0.4 is 5.73 Å². The van der Waals surface area contributed by atoms with Crippen LogP contribution in [0.25, 0.3) is 0 Å². The lowest BCUT2D eigenvalue weighted by Gasteiger charge is -2.48. The zero-order valence-corrected chi connectivity index (χ0v) is 9.13. The summed E-state index contributed by atoms with van der Waals surface area (Å²) in [5.41, 5.74) is 5.66. The van der Waals surface area contributed by atoms with Gasteiger partial charge in [0, 0.05) is 11.5 Å². The third-order valence-electron chi connectivity index (χ3n) is 3.52. The SMILES string of the molecule is CC1CC(N)(C2CS(=O)(=O)CC2O)C1. The minimum atomic E-state index is -3.05. The van der Waals surface area contributed by atoms with Gasteiger partial charge in [0.05, 0.1) is 17.6 Å². The van der Waals surface area contributed by atoms with Crippen molar-refractivity contribution in [2.75, 3.05) is 11.5 Å². The molecular weight excluding hydrogens is 202 g/mol. The van der Waals surface area contributed by atoms with Crippen LogP contribution in [0.1, 0.15) is 19.8 Å². The number of hydrogen-bond acceptors (Lipinski definition) is 4. The van der Waals surface area contributed by atoms with Crippen LogP contribution in [0.2, 0.25) is 0 Å². The summed E-state index contributed by atoms with van der Waals surface area (Å²) in [6.07, 6.45) is 0.923. The van der Waals surface area contributed by atoms with Crippen LogP contribution in [0.3, 0.4) is 0 Å². The lowest BCUT2D eigenvalue weighted by atomic mass is 9.62. The molecule has 0 aromatic heterocycles. The van der Waals surface area contributed by atoms with Gasteiger partial charge in [-0.3, -0.25) is 0 Å². The van der Waals surface area contributed by atoms with Gasteiger partial charge in [0.15, 0.2) is 9.84 Å². The van der Waals surface area contributed by atoms with Crippen molar-refractivity contribution in [2.45, 2.75) is 31.4 Å². The van der Waals surface area contributed by atoms with Crippen LogP contribution in [0.15, 0.2) is 0 Å². The summed E-state index contributed by atoms with van der Waals surface area (Å²) in [6.45, 7) is 2.10. The molecule has 0 spiro atoms. The minimum Gasteiger partial charge on any atom is -0.392 e. The van der Waals surface area contributed by atoms with Gasteiger partial charge in [-0.2, -0.15) is 0 Å². The van der Waals surface area contributed by atoms with Crippen molar-refractivity contribution in [1.82, 2.24) is 0 Å². The molecule has 0 aromatic rings. The fourth-order valence-corrected chi connectivity index (χ4v) is 4.91. The lowest BCUT2D eigenvalue weighted by molar-refractivity contribution is 0.0296. The minimum absolute atomic E-state index is 0.0669. The van der Waals surface area contributed by atoms with E-state index in [1.807, 2.05) is 0 Å². The summed E-state index contributed by atoms with van der Waals surface area (Å²) < 4.78 is 22.6. The molecule has 14 heavy (non-hydrogen) atoms. The first kappa shape index (κ1) is 10.4. The van der Waals surface area contributed by atoms with Crippen LogP contribution in [0.4, 0.5) is 0 Å². The van der Waals surface area contributed by atoms with E-state index in [0.717, 1.165) is 12.8 Å². The maximum absolute atomic E-state index is 11.3. The third-order valence-corrected chi connectivity index (χ3v) is 5.23. The maximum Gasteiger partial charge on any atom is 0.153 e. The van der Waals surface area contributed by atoms with E-state index in [-0.39, 0.29) is 17.4 Å². The van der Waals surface area contributed by atoms with E-state index in [0.29, 0.717) is 5.92 Å². The Morgan fingerprint density at radius 2 is 1.93 bits per heavy atom. The van der Waals surface area contributed by atoms with Gasteiger partial charge in [0.2, 0.25) is 0 Å². The standard InChI is InChI=1S/C9H17NO3S/c1-6-2-9(10,3-6)7-4-14(12,13)5-8(7)11/h6-8,11H,2-5,10H2,1H3. The summed E-state index contributed by atoms with van der Waals surface area (Å²) in [5.74, 6) is 0.279. The number of sulfone groups is 1. The molecular formula is C9H17NO3S. The van der Waals surface area contributed by atoms with Crippen molar-refractivity contribution >= 4 is 9.84 Å². The molecule has 0 radical (unpaired) electrons. The average molecular weight is 219 g/mol. The van der Waals surface area contributed by atoms with Gasteiger partial charge in [0.25, 0.3) is 0 Å². The van der Waals surface area contributed by atoms with Gasteiger partial charge in [-0.05, 0) is 18.8 Å². The van der Waals surface area contributed by atoms with Crippen LogP contribution in [-0.4, -0.2) is 36.7 Å². The largest absolute Gasteiger partial charge is 0.392 e. The highest BCUT2D eigenvalue weighted by atomic mass is 32.2. The molecule has 82 valence electrons. The number of aliphatic hydroxyl groups excluding tert-OH is 1. The van der Waals surface area contributed by atoms with Crippen LogP contribution >= 0.6 is 0 Å². The Bertz CT molecular complexity index is 332. The van der Waals surface area contributed by atoms with E-state index in [2.05, 4.69) is 6.92 Å². The summed E-state index contributed by atoms with van der Waals surface area (Å²) in [5, 5.41) is 9.65. The molecule has 1 heterocycles. The van der Waals surface area contributed by atoms with E-state index in [1.54, 1.807) is 0 Å². The van der Waals surface area contributed by atoms with E-state index < -0.39 is 21.5 Å². The van der Waals surface area contributed by atoms with Gasteiger partial charge < -0.3 is 10.8 Å². The van der Waals surface area contributed by atoms with Gasteiger partial charge >= 0.3 is 0 Å². The molecule has 2 unspecified atom stereocenters. The van der Waals surface area contributed by atoms with Crippen molar-refractivity contribution < 1.29 is 13.5 Å². The van der Waals surface area contributed by atoms with E-state index >= 15 is 0 Å². The first-order chi connectivity index (χ1) is 6.32.